The molecule has 31 rings (SSSR count). The summed E-state index contributed by atoms with van der Waals surface area (Å²) in [5.74, 6) is 0. The number of aromatic nitrogens is 6. The molecule has 141 heavy (non-hydrogen) atoms. The first-order valence-corrected chi connectivity index (χ1v) is 50.6. The van der Waals surface area contributed by atoms with Crippen molar-refractivity contribution in [2.75, 3.05) is 0 Å². The largest absolute Gasteiger partial charge is 0.309 e. The molecule has 658 valence electrons. The maximum atomic E-state index is 2.48. The van der Waals surface area contributed by atoms with Crippen molar-refractivity contribution in [1.29, 1.82) is 0 Å². The van der Waals surface area contributed by atoms with E-state index in [2.05, 4.69) is 525 Å². The fraction of sp³-hybridized carbons (Fsp3) is 0. The van der Waals surface area contributed by atoms with Crippen LogP contribution in [0.15, 0.2) is 497 Å². The second kappa shape index (κ2) is 32.5. The summed E-state index contributed by atoms with van der Waals surface area (Å²) in [6, 6.07) is 182. The fourth-order valence-corrected chi connectivity index (χ4v) is 26.3. The van der Waals surface area contributed by atoms with E-state index in [1.165, 1.54) is 247 Å². The summed E-state index contributed by atoms with van der Waals surface area (Å²) >= 11 is 5.66. The summed E-state index contributed by atoms with van der Waals surface area (Å²) < 4.78 is 22.7. The first-order valence-electron chi connectivity index (χ1n) is 48.2. The van der Waals surface area contributed by atoms with Crippen molar-refractivity contribution in [3.63, 3.8) is 0 Å². The molecule has 0 saturated heterocycles. The van der Waals surface area contributed by atoms with Gasteiger partial charge < -0.3 is 27.4 Å². The molecule has 0 amide bonds. The SMILES string of the molecule is c1ccc(-c2cc(-c3ccccc3)cc(-n3c4ccccc4c4cc5c6c7c(ccc6n(-c6ccccc6)c5cc43)sc3ccccc37)c2)cc1.c1ccc(-c2cccc(-n3c4ccccc4c4cc5c6c7c(ccc6n(-c6ccccc6)c5cc43)sc3ccc(-c4ccccc4)cc37)c2)cc1.c1ccc(-n2c3ccccc3c3cc4c5c6c(ccc5n(-c5ccccc5)c4cc32)sc2ccccc26)cc1. The number of fused-ring (bicyclic) bond motifs is 30. The van der Waals surface area contributed by atoms with Crippen molar-refractivity contribution in [2.45, 2.75) is 0 Å². The lowest BCUT2D eigenvalue weighted by molar-refractivity contribution is 1.16. The van der Waals surface area contributed by atoms with Gasteiger partial charge in [0.1, 0.15) is 0 Å². The van der Waals surface area contributed by atoms with Gasteiger partial charge in [-0.2, -0.15) is 0 Å². The molecule has 0 aliphatic carbocycles. The van der Waals surface area contributed by atoms with Gasteiger partial charge in [-0.15, -0.1) is 34.0 Å². The molecule has 31 aromatic rings. The molecule has 9 heterocycles. The molecule has 0 saturated carbocycles. The molecule has 0 bridgehead atoms. The maximum Gasteiger partial charge on any atom is 0.0562 e. The second-order valence-electron chi connectivity index (χ2n) is 36.9. The van der Waals surface area contributed by atoms with Crippen LogP contribution in [0.25, 0.3) is 270 Å². The molecule has 0 spiro atoms. The summed E-state index contributed by atoms with van der Waals surface area (Å²) in [5.41, 5.74) is 31.3. The predicted octanol–water partition coefficient (Wildman–Crippen LogP) is 37.4. The Kier molecular flexibility index (Phi) is 18.6. The average molecular weight is 1850 g/mol. The van der Waals surface area contributed by atoms with Gasteiger partial charge in [0.2, 0.25) is 0 Å². The fourth-order valence-electron chi connectivity index (χ4n) is 23.0. The number of hydrogen-bond acceptors (Lipinski definition) is 3. The van der Waals surface area contributed by atoms with Gasteiger partial charge in [0.15, 0.2) is 0 Å². The van der Waals surface area contributed by atoms with Crippen molar-refractivity contribution in [3.05, 3.63) is 497 Å². The van der Waals surface area contributed by atoms with Crippen LogP contribution in [0.3, 0.4) is 0 Å². The standard InChI is InChI=1S/2C48H30N2S.C36H22N2S/c1-4-14-31(15-5-1)33-26-34(32-16-6-2-7-17-32)28-36(27-33)50-41-22-12-10-20-37(41)39-29-40-44(30-43(39)50)49(35-18-8-3-9-19-35)42-24-25-46-48(47(40)42)38-21-11-13-23-45(38)51-46;1-4-13-31(14-5-1)33-17-12-20-36(27-33)50-41-22-11-10-21-37(41)38-29-39-44(30-43(38)50)49(35-18-8-3-9-19-35)42-24-26-46-48(47(39)42)40-28-34(23-25-45(40)51-46)32-15-6-2-7-16-32;1-3-11-23(12-4-1)37-29-17-9-7-15-25(29)27-21-28-32(22-31(27)37)38(24-13-5-2-6-14-24)30-19-20-34-36(35(28)30)26-16-8-10-18-33(26)39-34/h2*1-30H;1-22H. The quantitative estimate of drug-likeness (QED) is 0.131. The Hall–Kier alpha value is -17.7. The summed E-state index contributed by atoms with van der Waals surface area (Å²) in [6.07, 6.45) is 0. The van der Waals surface area contributed by atoms with Crippen LogP contribution in [0.5, 0.6) is 0 Å². The van der Waals surface area contributed by atoms with Crippen LogP contribution in [0, 0.1) is 0 Å². The van der Waals surface area contributed by atoms with Crippen molar-refractivity contribution >= 4 is 225 Å². The van der Waals surface area contributed by atoms with Crippen molar-refractivity contribution in [1.82, 2.24) is 27.4 Å². The molecule has 0 aliphatic rings. The number of nitrogens with zero attached hydrogens (tertiary/aromatic N) is 6. The zero-order valence-electron chi connectivity index (χ0n) is 76.3. The Morgan fingerprint density at radius 2 is 0.362 bits per heavy atom. The summed E-state index contributed by atoms with van der Waals surface area (Å²) in [5, 5.41) is 23.4. The Balaban J connectivity index is 0.000000102. The highest BCUT2D eigenvalue weighted by Gasteiger charge is 2.28. The first kappa shape index (κ1) is 80.6. The van der Waals surface area contributed by atoms with Gasteiger partial charge in [-0.25, -0.2) is 0 Å². The van der Waals surface area contributed by atoms with Crippen LogP contribution in [-0.2, 0) is 0 Å². The van der Waals surface area contributed by atoms with E-state index in [-0.39, 0.29) is 0 Å². The normalized spacial score (nSPS) is 12.0. The van der Waals surface area contributed by atoms with Crippen LogP contribution < -0.4 is 0 Å². The van der Waals surface area contributed by atoms with E-state index in [0.29, 0.717) is 0 Å². The molecule has 22 aromatic carbocycles. The highest BCUT2D eigenvalue weighted by atomic mass is 32.1. The summed E-state index contributed by atoms with van der Waals surface area (Å²) in [7, 11) is 0. The van der Waals surface area contributed by atoms with E-state index in [9.17, 15) is 0 Å². The van der Waals surface area contributed by atoms with E-state index < -0.39 is 0 Å². The van der Waals surface area contributed by atoms with E-state index >= 15 is 0 Å². The molecule has 0 radical (unpaired) electrons. The third-order valence-corrected chi connectivity index (χ3v) is 32.5. The molecule has 0 unspecified atom stereocenters. The third kappa shape index (κ3) is 12.8. The first-order chi connectivity index (χ1) is 70.0. The molecular formula is C132H82N6S3. The van der Waals surface area contributed by atoms with Crippen LogP contribution in [0.2, 0.25) is 0 Å². The highest BCUT2D eigenvalue weighted by molar-refractivity contribution is 7.27. The second-order valence-corrected chi connectivity index (χ2v) is 40.1. The van der Waals surface area contributed by atoms with E-state index in [1.807, 2.05) is 34.0 Å². The number of rotatable bonds is 10. The minimum atomic E-state index is 1.15. The van der Waals surface area contributed by atoms with Crippen molar-refractivity contribution in [3.8, 4) is 78.6 Å². The molecule has 9 aromatic heterocycles. The highest BCUT2D eigenvalue weighted by Crippen LogP contribution is 2.52. The zero-order chi connectivity index (χ0) is 92.4. The van der Waals surface area contributed by atoms with Gasteiger partial charge in [0, 0.05) is 159 Å². The Bertz CT molecular complexity index is 10400. The topological polar surface area (TPSA) is 29.6 Å². The molecule has 0 fully saturated rings. The van der Waals surface area contributed by atoms with E-state index in [0.717, 1.165) is 22.7 Å². The van der Waals surface area contributed by atoms with Crippen LogP contribution in [-0.4, -0.2) is 27.4 Å². The number of benzene rings is 22. The molecule has 0 N–H and O–H groups in total. The predicted molar refractivity (Wildman–Crippen MR) is 606 cm³/mol. The van der Waals surface area contributed by atoms with E-state index in [4.69, 9.17) is 0 Å². The number of para-hydroxylation sites is 7. The number of hydrogen-bond donors (Lipinski definition) is 0. The maximum absolute atomic E-state index is 2.48. The van der Waals surface area contributed by atoms with Gasteiger partial charge in [0.25, 0.3) is 0 Å². The van der Waals surface area contributed by atoms with Crippen LogP contribution in [0.4, 0.5) is 0 Å². The monoisotopic (exact) mass is 1850 g/mol. The van der Waals surface area contributed by atoms with Gasteiger partial charge in [-0.05, 0) is 239 Å². The number of thiophene rings is 3. The molecular weight excluding hydrogens is 1770 g/mol. The summed E-state index contributed by atoms with van der Waals surface area (Å²) in [4.78, 5) is 0. The lowest BCUT2D eigenvalue weighted by Gasteiger charge is -2.14. The van der Waals surface area contributed by atoms with Crippen molar-refractivity contribution < 1.29 is 0 Å². The van der Waals surface area contributed by atoms with Gasteiger partial charge in [-0.3, -0.25) is 0 Å². The smallest absolute Gasteiger partial charge is 0.0562 e. The van der Waals surface area contributed by atoms with Gasteiger partial charge in [-0.1, -0.05) is 303 Å². The molecule has 6 nitrogen and oxygen atoms in total. The average Bonchev–Trinajstić information content (AvgIpc) is 1.54. The van der Waals surface area contributed by atoms with Crippen molar-refractivity contribution in [2.24, 2.45) is 0 Å². The van der Waals surface area contributed by atoms with Crippen LogP contribution >= 0.6 is 34.0 Å². The molecule has 0 aliphatic heterocycles. The summed E-state index contributed by atoms with van der Waals surface area (Å²) in [6.45, 7) is 0. The van der Waals surface area contributed by atoms with Crippen LogP contribution in [0.1, 0.15) is 0 Å². The zero-order valence-corrected chi connectivity index (χ0v) is 78.7. The molecule has 9 heteroatoms. The molecule has 0 atom stereocenters. The lowest BCUT2D eigenvalue weighted by Crippen LogP contribution is -1.97. The van der Waals surface area contributed by atoms with Gasteiger partial charge in [0.05, 0.1) is 66.2 Å². The minimum absolute atomic E-state index is 1.15. The Morgan fingerprint density at radius 1 is 0.106 bits per heavy atom. The van der Waals surface area contributed by atoms with Gasteiger partial charge >= 0.3 is 0 Å². The Labute approximate surface area is 822 Å². The minimum Gasteiger partial charge on any atom is -0.309 e. The third-order valence-electron chi connectivity index (χ3n) is 29.0. The lowest BCUT2D eigenvalue weighted by atomic mass is 9.98. The van der Waals surface area contributed by atoms with E-state index in [1.54, 1.807) is 0 Å². The Morgan fingerprint density at radius 3 is 0.738 bits per heavy atom.